The first-order valence-electron chi connectivity index (χ1n) is 7.13. The van der Waals surface area contributed by atoms with Gasteiger partial charge in [-0.3, -0.25) is 4.98 Å². The minimum absolute atomic E-state index is 0.367. The van der Waals surface area contributed by atoms with Crippen LogP contribution in [0.3, 0.4) is 0 Å². The molecule has 0 radical (unpaired) electrons. The molecule has 1 N–H and O–H groups in total. The fourth-order valence-electron chi connectivity index (χ4n) is 2.01. The van der Waals surface area contributed by atoms with Crippen molar-refractivity contribution in [2.45, 2.75) is 26.3 Å². The summed E-state index contributed by atoms with van der Waals surface area (Å²) in [7, 11) is 6.30. The van der Waals surface area contributed by atoms with Gasteiger partial charge in [0.15, 0.2) is 0 Å². The van der Waals surface area contributed by atoms with Gasteiger partial charge in [-0.05, 0) is 39.2 Å². The summed E-state index contributed by atoms with van der Waals surface area (Å²) in [6.07, 6.45) is 3.04. The van der Waals surface area contributed by atoms with Gasteiger partial charge in [0.1, 0.15) is 0 Å². The van der Waals surface area contributed by atoms with Gasteiger partial charge >= 0.3 is 0 Å². The number of likely N-dealkylation sites (N-methyl/N-ethyl adjacent to an activating group) is 2. The Hall–Kier alpha value is -1.13. The number of rotatable bonds is 8. The van der Waals surface area contributed by atoms with Crippen LogP contribution in [0.15, 0.2) is 18.3 Å². The predicted molar refractivity (Wildman–Crippen MR) is 82.8 cm³/mol. The average molecular weight is 264 g/mol. The summed E-state index contributed by atoms with van der Waals surface area (Å²) in [5.74, 6) is 0. The molecule has 4 nitrogen and oxygen atoms in total. The van der Waals surface area contributed by atoms with E-state index in [1.807, 2.05) is 6.20 Å². The summed E-state index contributed by atoms with van der Waals surface area (Å²) >= 11 is 0. The number of nitrogens with zero attached hydrogens (tertiary/aromatic N) is 3. The van der Waals surface area contributed by atoms with Crippen LogP contribution in [0, 0.1) is 0 Å². The van der Waals surface area contributed by atoms with E-state index in [1.165, 1.54) is 5.69 Å². The zero-order valence-electron chi connectivity index (χ0n) is 13.0. The largest absolute Gasteiger partial charge is 0.372 e. The van der Waals surface area contributed by atoms with Crippen molar-refractivity contribution in [3.63, 3.8) is 0 Å². The van der Waals surface area contributed by atoms with Gasteiger partial charge < -0.3 is 15.1 Å². The van der Waals surface area contributed by atoms with E-state index in [4.69, 9.17) is 0 Å². The van der Waals surface area contributed by atoms with Crippen molar-refractivity contribution in [3.05, 3.63) is 24.0 Å². The summed E-state index contributed by atoms with van der Waals surface area (Å²) in [5.41, 5.74) is 2.31. The number of hydrogen-bond acceptors (Lipinski definition) is 4. The van der Waals surface area contributed by atoms with E-state index in [-0.39, 0.29) is 0 Å². The van der Waals surface area contributed by atoms with Crippen LogP contribution in [-0.4, -0.2) is 50.7 Å². The Labute approximate surface area is 117 Å². The molecule has 0 aliphatic heterocycles. The van der Waals surface area contributed by atoms with Gasteiger partial charge in [0, 0.05) is 26.2 Å². The second kappa shape index (κ2) is 8.12. The molecule has 0 saturated carbocycles. The zero-order chi connectivity index (χ0) is 14.3. The Kier molecular flexibility index (Phi) is 6.81. The van der Waals surface area contributed by atoms with Gasteiger partial charge in [-0.15, -0.1) is 0 Å². The van der Waals surface area contributed by atoms with Crippen LogP contribution in [-0.2, 0) is 0 Å². The highest BCUT2D eigenvalue weighted by atomic mass is 15.2. The van der Waals surface area contributed by atoms with Crippen molar-refractivity contribution >= 4 is 5.69 Å². The van der Waals surface area contributed by atoms with Crippen molar-refractivity contribution in [1.29, 1.82) is 0 Å². The topological polar surface area (TPSA) is 31.4 Å². The molecule has 0 fully saturated rings. The monoisotopic (exact) mass is 264 g/mol. The maximum absolute atomic E-state index is 4.60. The lowest BCUT2D eigenvalue weighted by atomic mass is 10.1. The van der Waals surface area contributed by atoms with Gasteiger partial charge in [-0.1, -0.05) is 13.8 Å². The average Bonchev–Trinajstić information content (AvgIpc) is 2.42. The number of pyridine rings is 1. The molecule has 0 saturated heterocycles. The molecule has 0 aliphatic rings. The Bertz CT molecular complexity index is 348. The third-order valence-corrected chi connectivity index (χ3v) is 3.31. The smallest absolute Gasteiger partial charge is 0.0574 e. The first kappa shape index (κ1) is 15.9. The predicted octanol–water partition coefficient (Wildman–Crippen LogP) is 2.14. The molecule has 108 valence electrons. The van der Waals surface area contributed by atoms with Crippen LogP contribution in [0.5, 0.6) is 0 Å². The van der Waals surface area contributed by atoms with Crippen molar-refractivity contribution in [2.75, 3.05) is 45.7 Å². The lowest BCUT2D eigenvalue weighted by molar-refractivity contribution is 0.416. The number of aromatic nitrogens is 1. The Balaban J connectivity index is 2.64. The SMILES string of the molecule is CCNC(CC)c1ccc(N(C)CCN(C)C)cn1. The number of hydrogen-bond donors (Lipinski definition) is 1. The van der Waals surface area contributed by atoms with Gasteiger partial charge in [0.2, 0.25) is 0 Å². The van der Waals surface area contributed by atoms with E-state index in [0.29, 0.717) is 6.04 Å². The molecule has 1 rings (SSSR count). The molecule has 0 aromatic carbocycles. The first-order chi connectivity index (χ1) is 9.08. The lowest BCUT2D eigenvalue weighted by Crippen LogP contribution is -2.28. The highest BCUT2D eigenvalue weighted by molar-refractivity contribution is 5.43. The van der Waals surface area contributed by atoms with Crippen LogP contribution in [0.4, 0.5) is 5.69 Å². The van der Waals surface area contributed by atoms with Crippen LogP contribution in [0.1, 0.15) is 32.0 Å². The fourth-order valence-corrected chi connectivity index (χ4v) is 2.01. The summed E-state index contributed by atoms with van der Waals surface area (Å²) in [5, 5.41) is 3.45. The Morgan fingerprint density at radius 2 is 1.89 bits per heavy atom. The van der Waals surface area contributed by atoms with Crippen molar-refractivity contribution in [1.82, 2.24) is 15.2 Å². The van der Waals surface area contributed by atoms with Crippen molar-refractivity contribution in [3.8, 4) is 0 Å². The first-order valence-corrected chi connectivity index (χ1v) is 7.13. The van der Waals surface area contributed by atoms with Crippen LogP contribution < -0.4 is 10.2 Å². The van der Waals surface area contributed by atoms with E-state index < -0.39 is 0 Å². The standard InChI is InChI=1S/C15H28N4/c1-6-14(16-7-2)15-9-8-13(12-17-15)19(5)11-10-18(3)4/h8-9,12,14,16H,6-7,10-11H2,1-5H3. The van der Waals surface area contributed by atoms with Crippen LogP contribution >= 0.6 is 0 Å². The Morgan fingerprint density at radius 3 is 2.37 bits per heavy atom. The van der Waals surface area contributed by atoms with E-state index in [2.05, 4.69) is 67.2 Å². The van der Waals surface area contributed by atoms with E-state index >= 15 is 0 Å². The third kappa shape index (κ3) is 5.17. The zero-order valence-corrected chi connectivity index (χ0v) is 13.0. The van der Waals surface area contributed by atoms with Gasteiger partial charge in [-0.2, -0.15) is 0 Å². The maximum atomic E-state index is 4.60. The number of nitrogens with one attached hydrogen (secondary N) is 1. The van der Waals surface area contributed by atoms with Crippen LogP contribution in [0.2, 0.25) is 0 Å². The molecular weight excluding hydrogens is 236 g/mol. The van der Waals surface area contributed by atoms with Crippen molar-refractivity contribution < 1.29 is 0 Å². The normalized spacial score (nSPS) is 12.7. The molecule has 0 amide bonds. The second-order valence-corrected chi connectivity index (χ2v) is 5.18. The van der Waals surface area contributed by atoms with Gasteiger partial charge in [-0.25, -0.2) is 0 Å². The quantitative estimate of drug-likeness (QED) is 0.779. The highest BCUT2D eigenvalue weighted by Crippen LogP contribution is 2.17. The summed E-state index contributed by atoms with van der Waals surface area (Å²) in [4.78, 5) is 9.03. The molecular formula is C15H28N4. The maximum Gasteiger partial charge on any atom is 0.0574 e. The molecule has 1 aromatic heterocycles. The minimum Gasteiger partial charge on any atom is -0.372 e. The fraction of sp³-hybridized carbons (Fsp3) is 0.667. The molecule has 1 heterocycles. The number of anilines is 1. The van der Waals surface area contributed by atoms with Gasteiger partial charge in [0.25, 0.3) is 0 Å². The van der Waals surface area contributed by atoms with E-state index in [1.54, 1.807) is 0 Å². The van der Waals surface area contributed by atoms with Gasteiger partial charge in [0.05, 0.1) is 17.6 Å². The highest BCUT2D eigenvalue weighted by Gasteiger charge is 2.09. The molecule has 4 heteroatoms. The molecule has 0 aliphatic carbocycles. The molecule has 1 aromatic rings. The van der Waals surface area contributed by atoms with E-state index in [0.717, 1.165) is 31.7 Å². The summed E-state index contributed by atoms with van der Waals surface area (Å²) in [6.45, 7) is 7.36. The summed E-state index contributed by atoms with van der Waals surface area (Å²) in [6, 6.07) is 4.67. The lowest BCUT2D eigenvalue weighted by Gasteiger charge is -2.22. The molecule has 0 spiro atoms. The molecule has 1 unspecified atom stereocenters. The second-order valence-electron chi connectivity index (χ2n) is 5.18. The van der Waals surface area contributed by atoms with Crippen LogP contribution in [0.25, 0.3) is 0 Å². The molecule has 0 bridgehead atoms. The summed E-state index contributed by atoms with van der Waals surface area (Å²) < 4.78 is 0. The third-order valence-electron chi connectivity index (χ3n) is 3.31. The Morgan fingerprint density at radius 1 is 1.16 bits per heavy atom. The minimum atomic E-state index is 0.367. The van der Waals surface area contributed by atoms with E-state index in [9.17, 15) is 0 Å². The molecule has 19 heavy (non-hydrogen) atoms. The molecule has 1 atom stereocenters. The van der Waals surface area contributed by atoms with Crippen molar-refractivity contribution in [2.24, 2.45) is 0 Å².